The van der Waals surface area contributed by atoms with Gasteiger partial charge in [-0.05, 0) is 59.8 Å². The molecule has 4 rings (SSSR count). The highest BCUT2D eigenvalue weighted by molar-refractivity contribution is 14.1. The maximum Gasteiger partial charge on any atom is 0.255 e. The average Bonchev–Trinajstić information content (AvgIpc) is 3.21. The normalized spacial score (nSPS) is 12.7. The number of halogens is 1. The Kier molecular flexibility index (Phi) is 4.20. The second-order valence-corrected chi connectivity index (χ2v) is 7.33. The van der Waals surface area contributed by atoms with Crippen LogP contribution in [0.1, 0.15) is 32.9 Å². The Morgan fingerprint density at radius 2 is 2.12 bits per heavy atom. The number of carbonyl (C=O) groups is 1. The lowest BCUT2D eigenvalue weighted by atomic mass is 10.1. The zero-order valence-electron chi connectivity index (χ0n) is 14.0. The number of nitrogens with zero attached hydrogens (tertiary/aromatic N) is 5. The Bertz CT molecular complexity index is 1040. The molecule has 3 heterocycles. The first-order valence-corrected chi connectivity index (χ1v) is 9.12. The van der Waals surface area contributed by atoms with Gasteiger partial charge in [0.2, 0.25) is 0 Å². The smallest absolute Gasteiger partial charge is 0.255 e. The first-order chi connectivity index (χ1) is 12.5. The molecule has 0 fully saturated rings. The number of aromatic nitrogens is 3. The second-order valence-electron chi connectivity index (χ2n) is 6.17. The number of pyridine rings is 1. The van der Waals surface area contributed by atoms with E-state index in [9.17, 15) is 4.79 Å². The molecule has 0 bridgehead atoms. The van der Waals surface area contributed by atoms with Crippen molar-refractivity contribution in [1.82, 2.24) is 19.7 Å². The van der Waals surface area contributed by atoms with E-state index in [0.29, 0.717) is 24.2 Å². The van der Waals surface area contributed by atoms with Crippen LogP contribution in [0.5, 0.6) is 0 Å². The third kappa shape index (κ3) is 2.97. The van der Waals surface area contributed by atoms with Crippen LogP contribution in [-0.4, -0.2) is 25.6 Å². The van der Waals surface area contributed by atoms with Crippen LogP contribution in [0, 0.1) is 21.8 Å². The van der Waals surface area contributed by atoms with Crippen molar-refractivity contribution in [3.8, 4) is 11.8 Å². The third-order valence-corrected chi connectivity index (χ3v) is 5.28. The Labute approximate surface area is 164 Å². The largest absolute Gasteiger partial charge is 0.328 e. The van der Waals surface area contributed by atoms with Crippen LogP contribution in [0.3, 0.4) is 0 Å². The summed E-state index contributed by atoms with van der Waals surface area (Å²) < 4.78 is 2.68. The third-order valence-electron chi connectivity index (χ3n) is 4.34. The van der Waals surface area contributed by atoms with Gasteiger partial charge >= 0.3 is 0 Å². The van der Waals surface area contributed by atoms with Crippen LogP contribution in [0.4, 0.5) is 0 Å². The topological polar surface area (TPSA) is 74.8 Å². The van der Waals surface area contributed by atoms with Gasteiger partial charge in [-0.3, -0.25) is 9.78 Å². The fourth-order valence-electron chi connectivity index (χ4n) is 3.03. The van der Waals surface area contributed by atoms with Gasteiger partial charge in [-0.25, -0.2) is 4.68 Å². The lowest BCUT2D eigenvalue weighted by Gasteiger charge is -2.17. The summed E-state index contributed by atoms with van der Waals surface area (Å²) >= 11 is 2.13. The number of amides is 1. The molecule has 1 aliphatic heterocycles. The summed E-state index contributed by atoms with van der Waals surface area (Å²) in [7, 11) is 0. The van der Waals surface area contributed by atoms with E-state index in [1.165, 1.54) is 0 Å². The Balaban J connectivity index is 1.57. The lowest BCUT2D eigenvalue weighted by molar-refractivity contribution is 0.0748. The average molecular weight is 455 g/mol. The summed E-state index contributed by atoms with van der Waals surface area (Å²) in [6.07, 6.45) is 3.73. The van der Waals surface area contributed by atoms with Crippen molar-refractivity contribution < 1.29 is 4.79 Å². The molecule has 0 N–H and O–H groups in total. The molecule has 0 aliphatic carbocycles. The zero-order chi connectivity index (χ0) is 18.3. The minimum atomic E-state index is -0.0733. The predicted molar refractivity (Wildman–Crippen MR) is 104 cm³/mol. The molecule has 0 atom stereocenters. The minimum Gasteiger partial charge on any atom is -0.328 e. The fraction of sp³-hybridized carbons (Fsp3) is 0.158. The molecule has 0 saturated heterocycles. The molecule has 6 nitrogen and oxygen atoms in total. The predicted octanol–water partition coefficient (Wildman–Crippen LogP) is 3.21. The van der Waals surface area contributed by atoms with Crippen molar-refractivity contribution in [1.29, 1.82) is 5.26 Å². The van der Waals surface area contributed by atoms with Crippen molar-refractivity contribution in [2.75, 3.05) is 0 Å². The van der Waals surface area contributed by atoms with E-state index in [-0.39, 0.29) is 5.91 Å². The summed E-state index contributed by atoms with van der Waals surface area (Å²) in [5, 5.41) is 13.7. The van der Waals surface area contributed by atoms with Gasteiger partial charge in [-0.15, -0.1) is 0 Å². The molecule has 26 heavy (non-hydrogen) atoms. The van der Waals surface area contributed by atoms with Gasteiger partial charge in [-0.1, -0.05) is 0 Å². The van der Waals surface area contributed by atoms with Gasteiger partial charge in [0.05, 0.1) is 35.1 Å². The Morgan fingerprint density at radius 3 is 2.85 bits per heavy atom. The van der Waals surface area contributed by atoms with E-state index in [2.05, 4.69) is 38.7 Å². The van der Waals surface area contributed by atoms with E-state index in [4.69, 9.17) is 5.26 Å². The van der Waals surface area contributed by atoms with E-state index in [0.717, 1.165) is 26.2 Å². The van der Waals surface area contributed by atoms with E-state index in [1.807, 2.05) is 29.9 Å². The van der Waals surface area contributed by atoms with Crippen LogP contribution in [-0.2, 0) is 13.1 Å². The molecule has 0 radical (unpaired) electrons. The molecule has 1 aromatic carbocycles. The number of rotatable bonds is 2. The molecule has 0 spiro atoms. The summed E-state index contributed by atoms with van der Waals surface area (Å²) in [5.41, 5.74) is 4.89. The van der Waals surface area contributed by atoms with Gasteiger partial charge in [0, 0.05) is 33.8 Å². The van der Waals surface area contributed by atoms with Gasteiger partial charge in [-0.2, -0.15) is 10.4 Å². The second kappa shape index (κ2) is 6.53. The number of nitriles is 1. The molecule has 0 unspecified atom stereocenters. The molecule has 3 aromatic rings. The van der Waals surface area contributed by atoms with Crippen LogP contribution in [0.25, 0.3) is 5.69 Å². The lowest BCUT2D eigenvalue weighted by Crippen LogP contribution is -2.26. The van der Waals surface area contributed by atoms with Crippen molar-refractivity contribution >= 4 is 28.5 Å². The van der Waals surface area contributed by atoms with Crippen molar-refractivity contribution in [3.05, 3.63) is 74.4 Å². The first-order valence-electron chi connectivity index (χ1n) is 8.04. The number of fused-ring (bicyclic) bond motifs is 1. The van der Waals surface area contributed by atoms with Crippen LogP contribution in [0.15, 0.2) is 42.7 Å². The highest BCUT2D eigenvalue weighted by atomic mass is 127. The highest BCUT2D eigenvalue weighted by Crippen LogP contribution is 2.26. The van der Waals surface area contributed by atoms with E-state index in [1.54, 1.807) is 29.3 Å². The quantitative estimate of drug-likeness (QED) is 0.557. The minimum absolute atomic E-state index is 0.0733. The van der Waals surface area contributed by atoms with E-state index < -0.39 is 0 Å². The summed E-state index contributed by atoms with van der Waals surface area (Å²) in [6, 6.07) is 11.1. The number of hydrogen-bond donors (Lipinski definition) is 0. The maximum absolute atomic E-state index is 12.9. The van der Waals surface area contributed by atoms with Crippen LogP contribution in [0.2, 0.25) is 0 Å². The Morgan fingerprint density at radius 1 is 1.27 bits per heavy atom. The number of benzene rings is 1. The van der Waals surface area contributed by atoms with Gasteiger partial charge < -0.3 is 4.90 Å². The standard InChI is InChI=1S/C19H14IN5O/c1-12-6-15(4-5-22-12)25-10-14-9-24(11-18(14)23-25)19(26)16-7-13(8-21)2-3-17(16)20/h2-7,10H,9,11H2,1H3. The van der Waals surface area contributed by atoms with Crippen molar-refractivity contribution in [2.45, 2.75) is 20.0 Å². The molecule has 1 amide bonds. The summed E-state index contributed by atoms with van der Waals surface area (Å²) in [5.74, 6) is -0.0733. The fourth-order valence-corrected chi connectivity index (χ4v) is 3.60. The molecular formula is C19H14IN5O. The van der Waals surface area contributed by atoms with Crippen molar-refractivity contribution in [3.63, 3.8) is 0 Å². The highest BCUT2D eigenvalue weighted by Gasteiger charge is 2.28. The van der Waals surface area contributed by atoms with Gasteiger partial charge in [0.25, 0.3) is 5.91 Å². The van der Waals surface area contributed by atoms with Gasteiger partial charge in [0.1, 0.15) is 0 Å². The molecule has 128 valence electrons. The maximum atomic E-state index is 12.9. The molecule has 1 aliphatic rings. The number of carbonyl (C=O) groups excluding carboxylic acids is 1. The number of aryl methyl sites for hydroxylation is 1. The van der Waals surface area contributed by atoms with Crippen molar-refractivity contribution in [2.24, 2.45) is 0 Å². The van der Waals surface area contributed by atoms with E-state index >= 15 is 0 Å². The molecule has 0 saturated carbocycles. The summed E-state index contributed by atoms with van der Waals surface area (Å²) in [4.78, 5) is 18.8. The van der Waals surface area contributed by atoms with Gasteiger partial charge in [0.15, 0.2) is 0 Å². The summed E-state index contributed by atoms with van der Waals surface area (Å²) in [6.45, 7) is 2.93. The number of hydrogen-bond acceptors (Lipinski definition) is 4. The first kappa shape index (κ1) is 16.7. The SMILES string of the molecule is Cc1cc(-n2cc3c(n2)CN(C(=O)c2cc(C#N)ccc2I)C3)ccn1. The van der Waals surface area contributed by atoms with Crippen LogP contribution < -0.4 is 0 Å². The Hall–Kier alpha value is -2.73. The zero-order valence-corrected chi connectivity index (χ0v) is 16.1. The molecule has 7 heteroatoms. The molecule has 2 aromatic heterocycles. The monoisotopic (exact) mass is 455 g/mol. The molecular weight excluding hydrogens is 441 g/mol. The van der Waals surface area contributed by atoms with Crippen LogP contribution >= 0.6 is 22.6 Å².